The Morgan fingerprint density at radius 1 is 1.75 bits per heavy atom. The number of hydrogen-bond acceptors (Lipinski definition) is 4. The van der Waals surface area contributed by atoms with Crippen LogP contribution in [0.25, 0.3) is 0 Å². The van der Waals surface area contributed by atoms with Crippen molar-refractivity contribution in [2.45, 2.75) is 39.4 Å². The summed E-state index contributed by atoms with van der Waals surface area (Å²) < 4.78 is 1.51. The smallest absolute Gasteiger partial charge is 0.242 e. The van der Waals surface area contributed by atoms with Gasteiger partial charge in [0, 0.05) is 12.6 Å². The lowest BCUT2D eigenvalue weighted by atomic mass is 10.2. The molecule has 6 nitrogen and oxygen atoms in total. The van der Waals surface area contributed by atoms with Gasteiger partial charge in [0.1, 0.15) is 6.54 Å². The summed E-state index contributed by atoms with van der Waals surface area (Å²) in [5.74, 6) is -0.0240. The number of amides is 1. The van der Waals surface area contributed by atoms with Crippen LogP contribution in [0.1, 0.15) is 26.0 Å². The molecule has 3 N–H and O–H groups in total. The lowest BCUT2D eigenvalue weighted by Crippen LogP contribution is -2.31. The molecule has 0 spiro atoms. The second-order valence-electron chi connectivity index (χ2n) is 4.92. The molecule has 1 fully saturated rings. The molecule has 1 atom stereocenters. The summed E-state index contributed by atoms with van der Waals surface area (Å²) in [5, 5.41) is 10.6. The van der Waals surface area contributed by atoms with Crippen molar-refractivity contribution in [3.8, 4) is 0 Å². The van der Waals surface area contributed by atoms with Gasteiger partial charge in [-0.25, -0.2) is 4.68 Å². The van der Waals surface area contributed by atoms with Gasteiger partial charge in [0.15, 0.2) is 0 Å². The first-order valence-electron chi connectivity index (χ1n) is 5.40. The van der Waals surface area contributed by atoms with Gasteiger partial charge in [0.2, 0.25) is 5.91 Å². The van der Waals surface area contributed by atoms with Crippen molar-refractivity contribution in [2.24, 2.45) is 11.1 Å². The number of nitrogens with one attached hydrogen (secondary N) is 1. The first kappa shape index (κ1) is 11.1. The number of carbonyl (C=O) groups excluding carboxylic acids is 1. The fourth-order valence-corrected chi connectivity index (χ4v) is 1.61. The van der Waals surface area contributed by atoms with Crippen LogP contribution in [0.5, 0.6) is 0 Å². The normalized spacial score (nSPS) is 21.8. The standard InChI is InChI=1S/C10H17N5O/c1-10(2)3-8(10)12-9(16)6-15-5-7(4-11)13-14-15/h5,8H,3-4,6,11H2,1-2H3,(H,12,16). The zero-order valence-corrected chi connectivity index (χ0v) is 9.60. The van der Waals surface area contributed by atoms with E-state index >= 15 is 0 Å². The van der Waals surface area contributed by atoms with Crippen LogP contribution in [-0.2, 0) is 17.9 Å². The van der Waals surface area contributed by atoms with Crippen LogP contribution in [0.3, 0.4) is 0 Å². The van der Waals surface area contributed by atoms with Crippen LogP contribution in [-0.4, -0.2) is 26.9 Å². The van der Waals surface area contributed by atoms with Crippen LogP contribution < -0.4 is 11.1 Å². The third kappa shape index (κ3) is 2.38. The van der Waals surface area contributed by atoms with Gasteiger partial charge < -0.3 is 11.1 Å². The maximum atomic E-state index is 11.6. The zero-order chi connectivity index (χ0) is 11.8. The van der Waals surface area contributed by atoms with Crippen LogP contribution in [0, 0.1) is 5.41 Å². The summed E-state index contributed by atoms with van der Waals surface area (Å²) >= 11 is 0. The van der Waals surface area contributed by atoms with Gasteiger partial charge in [0.25, 0.3) is 0 Å². The molecule has 2 rings (SSSR count). The summed E-state index contributed by atoms with van der Waals surface area (Å²) in [6.07, 6.45) is 2.74. The summed E-state index contributed by atoms with van der Waals surface area (Å²) in [7, 11) is 0. The molecule has 0 aliphatic heterocycles. The van der Waals surface area contributed by atoms with Gasteiger partial charge in [-0.3, -0.25) is 4.79 Å². The molecule has 1 saturated carbocycles. The fraction of sp³-hybridized carbons (Fsp3) is 0.700. The Kier molecular flexibility index (Phi) is 2.67. The lowest BCUT2D eigenvalue weighted by molar-refractivity contribution is -0.122. The van der Waals surface area contributed by atoms with E-state index in [1.54, 1.807) is 6.20 Å². The first-order valence-corrected chi connectivity index (χ1v) is 5.40. The highest BCUT2D eigenvalue weighted by atomic mass is 16.2. The van der Waals surface area contributed by atoms with Crippen molar-refractivity contribution >= 4 is 5.91 Å². The highest BCUT2D eigenvalue weighted by molar-refractivity contribution is 5.76. The van der Waals surface area contributed by atoms with E-state index in [0.29, 0.717) is 18.3 Å². The molecule has 1 aliphatic rings. The summed E-state index contributed by atoms with van der Waals surface area (Å²) in [6.45, 7) is 4.83. The lowest BCUT2D eigenvalue weighted by Gasteiger charge is -2.06. The molecule has 1 aliphatic carbocycles. The number of aromatic nitrogens is 3. The Bertz CT molecular complexity index is 398. The van der Waals surface area contributed by atoms with Crippen molar-refractivity contribution < 1.29 is 4.79 Å². The first-order chi connectivity index (χ1) is 7.51. The third-order valence-electron chi connectivity index (χ3n) is 2.95. The molecule has 1 aromatic rings. The Balaban J connectivity index is 1.83. The van der Waals surface area contributed by atoms with E-state index in [2.05, 4.69) is 29.5 Å². The Morgan fingerprint density at radius 3 is 2.94 bits per heavy atom. The average molecular weight is 223 g/mol. The van der Waals surface area contributed by atoms with Crippen molar-refractivity contribution in [2.75, 3.05) is 0 Å². The van der Waals surface area contributed by atoms with E-state index in [9.17, 15) is 4.79 Å². The largest absolute Gasteiger partial charge is 0.351 e. The van der Waals surface area contributed by atoms with Crippen molar-refractivity contribution in [3.63, 3.8) is 0 Å². The molecule has 88 valence electrons. The van der Waals surface area contributed by atoms with Crippen molar-refractivity contribution in [1.82, 2.24) is 20.3 Å². The minimum absolute atomic E-state index is 0.0240. The summed E-state index contributed by atoms with van der Waals surface area (Å²) in [4.78, 5) is 11.6. The summed E-state index contributed by atoms with van der Waals surface area (Å²) in [6, 6.07) is 0.303. The topological polar surface area (TPSA) is 85.8 Å². The SMILES string of the molecule is CC1(C)CC1NC(=O)Cn1cc(CN)nn1. The number of hydrogen-bond donors (Lipinski definition) is 2. The van der Waals surface area contributed by atoms with E-state index in [1.165, 1.54) is 4.68 Å². The number of carbonyl (C=O) groups is 1. The Morgan fingerprint density at radius 2 is 2.44 bits per heavy atom. The molecule has 1 heterocycles. The van der Waals surface area contributed by atoms with Gasteiger partial charge >= 0.3 is 0 Å². The Labute approximate surface area is 94.2 Å². The monoisotopic (exact) mass is 223 g/mol. The maximum absolute atomic E-state index is 11.6. The van der Waals surface area contributed by atoms with Crippen molar-refractivity contribution in [1.29, 1.82) is 0 Å². The molecule has 1 aromatic heterocycles. The molecule has 6 heteroatoms. The molecule has 0 radical (unpaired) electrons. The quantitative estimate of drug-likeness (QED) is 0.730. The zero-order valence-electron chi connectivity index (χ0n) is 9.60. The predicted octanol–water partition coefficient (Wildman–Crippen LogP) is -0.348. The van der Waals surface area contributed by atoms with E-state index in [-0.39, 0.29) is 17.9 Å². The van der Waals surface area contributed by atoms with Crippen LogP contribution in [0.2, 0.25) is 0 Å². The third-order valence-corrected chi connectivity index (χ3v) is 2.95. The van der Waals surface area contributed by atoms with E-state index in [1.807, 2.05) is 0 Å². The minimum Gasteiger partial charge on any atom is -0.351 e. The molecule has 1 amide bonds. The van der Waals surface area contributed by atoms with Gasteiger partial charge in [-0.1, -0.05) is 19.1 Å². The van der Waals surface area contributed by atoms with Crippen LogP contribution in [0.4, 0.5) is 0 Å². The predicted molar refractivity (Wildman–Crippen MR) is 58.2 cm³/mol. The van der Waals surface area contributed by atoms with Gasteiger partial charge in [-0.2, -0.15) is 0 Å². The van der Waals surface area contributed by atoms with Gasteiger partial charge in [0.05, 0.1) is 11.9 Å². The van der Waals surface area contributed by atoms with Crippen LogP contribution in [0.15, 0.2) is 6.20 Å². The highest BCUT2D eigenvalue weighted by Gasteiger charge is 2.46. The summed E-state index contributed by atoms with van der Waals surface area (Å²) in [5.41, 5.74) is 6.35. The molecule has 0 bridgehead atoms. The van der Waals surface area contributed by atoms with Crippen LogP contribution >= 0.6 is 0 Å². The second kappa shape index (κ2) is 3.86. The molecular formula is C10H17N5O. The maximum Gasteiger partial charge on any atom is 0.242 e. The molecular weight excluding hydrogens is 206 g/mol. The van der Waals surface area contributed by atoms with Crippen molar-refractivity contribution in [3.05, 3.63) is 11.9 Å². The number of rotatable bonds is 4. The van der Waals surface area contributed by atoms with E-state index in [0.717, 1.165) is 6.42 Å². The number of nitrogens with two attached hydrogens (primary N) is 1. The fourth-order valence-electron chi connectivity index (χ4n) is 1.61. The Hall–Kier alpha value is -1.43. The molecule has 1 unspecified atom stereocenters. The molecule has 0 aromatic carbocycles. The highest BCUT2D eigenvalue weighted by Crippen LogP contribution is 2.44. The molecule has 0 saturated heterocycles. The minimum atomic E-state index is -0.0240. The van der Waals surface area contributed by atoms with E-state index in [4.69, 9.17) is 5.73 Å². The van der Waals surface area contributed by atoms with Gasteiger partial charge in [-0.15, -0.1) is 5.10 Å². The number of nitrogens with zero attached hydrogens (tertiary/aromatic N) is 3. The second-order valence-corrected chi connectivity index (χ2v) is 4.92. The molecule has 16 heavy (non-hydrogen) atoms. The van der Waals surface area contributed by atoms with Gasteiger partial charge in [-0.05, 0) is 11.8 Å². The van der Waals surface area contributed by atoms with E-state index < -0.39 is 0 Å². The average Bonchev–Trinajstić information content (AvgIpc) is 2.64.